The van der Waals surface area contributed by atoms with E-state index in [2.05, 4.69) is 5.32 Å². The smallest absolute Gasteiger partial charge is 0.320 e. The van der Waals surface area contributed by atoms with Gasteiger partial charge in [-0.15, -0.1) is 0 Å². The first kappa shape index (κ1) is 12.0. The summed E-state index contributed by atoms with van der Waals surface area (Å²) in [6.45, 7) is 0.570. The molecule has 2 N–H and O–H groups in total. The van der Waals surface area contributed by atoms with E-state index >= 15 is 0 Å². The van der Waals surface area contributed by atoms with Crippen molar-refractivity contribution in [2.75, 3.05) is 6.54 Å². The first-order valence-electron chi connectivity index (χ1n) is 6.34. The molecule has 2 atom stereocenters. The van der Waals surface area contributed by atoms with Crippen molar-refractivity contribution in [3.05, 3.63) is 42.5 Å². The molecule has 0 amide bonds. The van der Waals surface area contributed by atoms with Gasteiger partial charge in [-0.1, -0.05) is 36.4 Å². The van der Waals surface area contributed by atoms with Crippen molar-refractivity contribution < 1.29 is 14.6 Å². The number of ether oxygens (including phenoxy) is 1. The maximum Gasteiger partial charge on any atom is 0.320 e. The van der Waals surface area contributed by atoms with Crippen molar-refractivity contribution in [1.29, 1.82) is 0 Å². The molecule has 19 heavy (non-hydrogen) atoms. The van der Waals surface area contributed by atoms with Crippen LogP contribution in [0.2, 0.25) is 0 Å². The number of rotatable bonds is 3. The first-order valence-corrected chi connectivity index (χ1v) is 6.34. The van der Waals surface area contributed by atoms with Crippen molar-refractivity contribution in [3.8, 4) is 5.75 Å². The van der Waals surface area contributed by atoms with Gasteiger partial charge in [-0.25, -0.2) is 0 Å². The molecule has 0 bridgehead atoms. The summed E-state index contributed by atoms with van der Waals surface area (Å²) in [5.74, 6) is -0.0000384. The van der Waals surface area contributed by atoms with Crippen LogP contribution in [0.4, 0.5) is 0 Å². The molecule has 1 aliphatic heterocycles. The zero-order valence-corrected chi connectivity index (χ0v) is 10.4. The van der Waals surface area contributed by atoms with Gasteiger partial charge in [0.1, 0.15) is 17.9 Å². The van der Waals surface area contributed by atoms with Crippen molar-refractivity contribution in [2.24, 2.45) is 0 Å². The molecule has 4 heteroatoms. The normalized spacial score (nSPS) is 22.5. The number of carbonyl (C=O) groups is 1. The molecule has 98 valence electrons. The van der Waals surface area contributed by atoms with E-state index in [1.807, 2.05) is 42.5 Å². The molecule has 2 aromatic rings. The van der Waals surface area contributed by atoms with E-state index in [4.69, 9.17) is 9.84 Å². The standard InChI is InChI=1S/C15H15NO3/c17-15(18)13-8-11(9-16-13)19-14-7-3-5-10-4-1-2-6-12(10)14/h1-7,11,13,16H,8-9H2,(H,17,18)/t11?,13-/m0/s1. The Hall–Kier alpha value is -2.07. The number of nitrogens with one attached hydrogen (secondary N) is 1. The van der Waals surface area contributed by atoms with Crippen LogP contribution in [0.3, 0.4) is 0 Å². The van der Waals surface area contributed by atoms with Gasteiger partial charge in [0, 0.05) is 18.4 Å². The summed E-state index contributed by atoms with van der Waals surface area (Å²) in [5.41, 5.74) is 0. The molecule has 1 aliphatic rings. The quantitative estimate of drug-likeness (QED) is 0.883. The van der Waals surface area contributed by atoms with Gasteiger partial charge in [-0.2, -0.15) is 0 Å². The predicted octanol–water partition coefficient (Wildman–Crippen LogP) is 2.03. The summed E-state index contributed by atoms with van der Waals surface area (Å²) in [7, 11) is 0. The summed E-state index contributed by atoms with van der Waals surface area (Å²) >= 11 is 0. The van der Waals surface area contributed by atoms with Crippen molar-refractivity contribution in [2.45, 2.75) is 18.6 Å². The van der Waals surface area contributed by atoms with Crippen LogP contribution in [0.1, 0.15) is 6.42 Å². The van der Waals surface area contributed by atoms with Gasteiger partial charge >= 0.3 is 5.97 Å². The molecule has 1 saturated heterocycles. The van der Waals surface area contributed by atoms with Gasteiger partial charge < -0.3 is 15.2 Å². The average Bonchev–Trinajstić information content (AvgIpc) is 2.88. The molecule has 4 nitrogen and oxygen atoms in total. The van der Waals surface area contributed by atoms with Crippen LogP contribution in [0.15, 0.2) is 42.5 Å². The van der Waals surface area contributed by atoms with Gasteiger partial charge in [-0.3, -0.25) is 4.79 Å². The average molecular weight is 257 g/mol. The number of hydrogen-bond donors (Lipinski definition) is 2. The van der Waals surface area contributed by atoms with E-state index in [-0.39, 0.29) is 6.10 Å². The lowest BCUT2D eigenvalue weighted by Crippen LogP contribution is -2.30. The van der Waals surface area contributed by atoms with Crippen LogP contribution >= 0.6 is 0 Å². The molecular weight excluding hydrogens is 242 g/mol. The Morgan fingerprint density at radius 3 is 2.79 bits per heavy atom. The van der Waals surface area contributed by atoms with Gasteiger partial charge in [0.2, 0.25) is 0 Å². The van der Waals surface area contributed by atoms with Crippen LogP contribution in [-0.4, -0.2) is 29.8 Å². The fourth-order valence-electron chi connectivity index (χ4n) is 2.46. The Bertz CT molecular complexity index is 606. The van der Waals surface area contributed by atoms with Crippen LogP contribution in [0, 0.1) is 0 Å². The van der Waals surface area contributed by atoms with Gasteiger partial charge in [0.05, 0.1) is 0 Å². The monoisotopic (exact) mass is 257 g/mol. The van der Waals surface area contributed by atoms with Crippen molar-refractivity contribution in [1.82, 2.24) is 5.32 Å². The topological polar surface area (TPSA) is 58.6 Å². The lowest BCUT2D eigenvalue weighted by molar-refractivity contribution is -0.139. The zero-order valence-electron chi connectivity index (χ0n) is 10.4. The minimum atomic E-state index is -0.816. The summed E-state index contributed by atoms with van der Waals surface area (Å²) in [6, 6.07) is 13.4. The van der Waals surface area contributed by atoms with Gasteiger partial charge in [-0.05, 0) is 11.5 Å². The van der Waals surface area contributed by atoms with E-state index in [0.29, 0.717) is 13.0 Å². The van der Waals surface area contributed by atoms with Crippen molar-refractivity contribution >= 4 is 16.7 Å². The summed E-state index contributed by atoms with van der Waals surface area (Å²) in [6.07, 6.45) is 0.408. The lowest BCUT2D eigenvalue weighted by atomic mass is 10.1. The maximum absolute atomic E-state index is 10.9. The SMILES string of the molecule is O=C(O)[C@@H]1CC(Oc2cccc3ccccc23)CN1. The first-order chi connectivity index (χ1) is 9.24. The number of carboxylic acids is 1. The summed E-state index contributed by atoms with van der Waals surface area (Å²) < 4.78 is 5.94. The third-order valence-electron chi connectivity index (χ3n) is 3.43. The molecule has 1 fully saturated rings. The zero-order chi connectivity index (χ0) is 13.2. The van der Waals surface area contributed by atoms with Gasteiger partial charge in [0.25, 0.3) is 0 Å². The second-order valence-electron chi connectivity index (χ2n) is 4.75. The van der Waals surface area contributed by atoms with E-state index in [1.54, 1.807) is 0 Å². The minimum absolute atomic E-state index is 0.0908. The summed E-state index contributed by atoms with van der Waals surface area (Å²) in [5, 5.41) is 14.1. The van der Waals surface area contributed by atoms with Crippen LogP contribution in [-0.2, 0) is 4.79 Å². The molecule has 0 aliphatic carbocycles. The third-order valence-corrected chi connectivity index (χ3v) is 3.43. The highest BCUT2D eigenvalue weighted by Crippen LogP contribution is 2.27. The number of hydrogen-bond acceptors (Lipinski definition) is 3. The Labute approximate surface area is 111 Å². The number of benzene rings is 2. The van der Waals surface area contributed by atoms with Crippen LogP contribution in [0.25, 0.3) is 10.8 Å². The van der Waals surface area contributed by atoms with Crippen molar-refractivity contribution in [3.63, 3.8) is 0 Å². The van der Waals surface area contributed by atoms with Gasteiger partial charge in [0.15, 0.2) is 0 Å². The van der Waals surface area contributed by atoms with Crippen LogP contribution < -0.4 is 10.1 Å². The second kappa shape index (κ2) is 4.90. The Morgan fingerprint density at radius 1 is 1.21 bits per heavy atom. The van der Waals surface area contributed by atoms with E-state index in [9.17, 15) is 4.79 Å². The summed E-state index contributed by atoms with van der Waals surface area (Å²) in [4.78, 5) is 10.9. The maximum atomic E-state index is 10.9. The second-order valence-corrected chi connectivity index (χ2v) is 4.75. The number of carboxylic acid groups (broad SMARTS) is 1. The molecular formula is C15H15NO3. The molecule has 0 saturated carbocycles. The number of fused-ring (bicyclic) bond motifs is 1. The predicted molar refractivity (Wildman–Crippen MR) is 72.4 cm³/mol. The van der Waals surface area contributed by atoms with Crippen LogP contribution in [0.5, 0.6) is 5.75 Å². The van der Waals surface area contributed by atoms with E-state index in [1.165, 1.54) is 0 Å². The highest BCUT2D eigenvalue weighted by Gasteiger charge is 2.30. The largest absolute Gasteiger partial charge is 0.488 e. The molecule has 0 radical (unpaired) electrons. The molecule has 3 rings (SSSR count). The fraction of sp³-hybridized carbons (Fsp3) is 0.267. The molecule has 1 unspecified atom stereocenters. The Balaban J connectivity index is 1.81. The Morgan fingerprint density at radius 2 is 2.00 bits per heavy atom. The minimum Gasteiger partial charge on any atom is -0.488 e. The van der Waals surface area contributed by atoms with E-state index in [0.717, 1.165) is 16.5 Å². The molecule has 2 aromatic carbocycles. The lowest BCUT2D eigenvalue weighted by Gasteiger charge is -2.14. The third kappa shape index (κ3) is 2.39. The molecule has 0 aromatic heterocycles. The number of aliphatic carboxylic acids is 1. The highest BCUT2D eigenvalue weighted by molar-refractivity contribution is 5.88. The Kier molecular flexibility index (Phi) is 3.09. The molecule has 0 spiro atoms. The van der Waals surface area contributed by atoms with E-state index < -0.39 is 12.0 Å². The highest BCUT2D eigenvalue weighted by atomic mass is 16.5. The molecule has 1 heterocycles. The fourth-order valence-corrected chi connectivity index (χ4v) is 2.46.